The minimum atomic E-state index is 0.604. The smallest absolute Gasteiger partial charge is 0.191 e. The largest absolute Gasteiger partial charge is 0.357 e. The van der Waals surface area contributed by atoms with Crippen LogP contribution in [0, 0.1) is 12.8 Å². The van der Waals surface area contributed by atoms with Crippen molar-refractivity contribution in [3.63, 3.8) is 0 Å². The summed E-state index contributed by atoms with van der Waals surface area (Å²) in [4.78, 5) is 13.4. The van der Waals surface area contributed by atoms with E-state index in [0.717, 1.165) is 42.7 Å². The Morgan fingerprint density at radius 3 is 2.67 bits per heavy atom. The van der Waals surface area contributed by atoms with Crippen LogP contribution in [0.15, 0.2) is 35.7 Å². The number of aliphatic imine (C=N–C) groups is 1. The standard InChI is InChI=1S/C18H28N6/c1-5-19-18(21-9-8-14(2)3)23-13-16-6-7-17(22-12-16)24-11-10-20-15(24)4/h6-7,10-12,14H,5,8-9,13H2,1-4H3,(H2,19,21,23). The molecular weight excluding hydrogens is 300 g/mol. The first-order valence-corrected chi connectivity index (χ1v) is 8.57. The molecule has 2 aromatic rings. The third-order valence-corrected chi connectivity index (χ3v) is 3.66. The number of hydrogen-bond acceptors (Lipinski definition) is 3. The van der Waals surface area contributed by atoms with Gasteiger partial charge in [0.1, 0.15) is 11.6 Å². The van der Waals surface area contributed by atoms with E-state index in [4.69, 9.17) is 0 Å². The number of guanidine groups is 1. The first-order chi connectivity index (χ1) is 11.6. The predicted molar refractivity (Wildman–Crippen MR) is 98.4 cm³/mol. The summed E-state index contributed by atoms with van der Waals surface area (Å²) < 4.78 is 1.96. The minimum absolute atomic E-state index is 0.604. The van der Waals surface area contributed by atoms with Gasteiger partial charge in [-0.05, 0) is 37.8 Å². The number of nitrogens with one attached hydrogen (secondary N) is 2. The first kappa shape index (κ1) is 18.0. The Bertz CT molecular complexity index is 642. The van der Waals surface area contributed by atoms with Crippen molar-refractivity contribution in [3.05, 3.63) is 42.1 Å². The molecule has 2 aromatic heterocycles. The van der Waals surface area contributed by atoms with Gasteiger partial charge in [-0.3, -0.25) is 4.57 Å². The van der Waals surface area contributed by atoms with Gasteiger partial charge in [0.05, 0.1) is 6.54 Å². The van der Waals surface area contributed by atoms with Gasteiger partial charge in [0, 0.05) is 31.7 Å². The Labute approximate surface area is 144 Å². The van der Waals surface area contributed by atoms with Crippen molar-refractivity contribution < 1.29 is 0 Å². The number of rotatable bonds is 7. The highest BCUT2D eigenvalue weighted by molar-refractivity contribution is 5.79. The zero-order chi connectivity index (χ0) is 17.4. The summed E-state index contributed by atoms with van der Waals surface area (Å²) >= 11 is 0. The van der Waals surface area contributed by atoms with Crippen molar-refractivity contribution in [1.29, 1.82) is 0 Å². The van der Waals surface area contributed by atoms with E-state index >= 15 is 0 Å². The zero-order valence-electron chi connectivity index (χ0n) is 15.1. The second-order valence-electron chi connectivity index (χ2n) is 6.17. The summed E-state index contributed by atoms with van der Waals surface area (Å²) in [7, 11) is 0. The van der Waals surface area contributed by atoms with Crippen molar-refractivity contribution in [3.8, 4) is 5.82 Å². The molecule has 0 amide bonds. The van der Waals surface area contributed by atoms with Crippen LogP contribution >= 0.6 is 0 Å². The minimum Gasteiger partial charge on any atom is -0.357 e. The number of aryl methyl sites for hydroxylation is 1. The van der Waals surface area contributed by atoms with Gasteiger partial charge < -0.3 is 10.6 Å². The molecule has 0 atom stereocenters. The predicted octanol–water partition coefficient (Wildman–Crippen LogP) is 2.68. The fourth-order valence-corrected chi connectivity index (χ4v) is 2.26. The number of pyridine rings is 1. The third kappa shape index (κ3) is 5.37. The molecule has 24 heavy (non-hydrogen) atoms. The van der Waals surface area contributed by atoms with Gasteiger partial charge in [0.25, 0.3) is 0 Å². The molecule has 130 valence electrons. The summed E-state index contributed by atoms with van der Waals surface area (Å²) in [6, 6.07) is 4.06. The van der Waals surface area contributed by atoms with Crippen molar-refractivity contribution in [2.24, 2.45) is 10.9 Å². The maximum absolute atomic E-state index is 4.63. The van der Waals surface area contributed by atoms with Gasteiger partial charge in [-0.1, -0.05) is 19.9 Å². The summed E-state index contributed by atoms with van der Waals surface area (Å²) in [5, 5.41) is 6.64. The fraction of sp³-hybridized carbons (Fsp3) is 0.500. The van der Waals surface area contributed by atoms with Gasteiger partial charge in [-0.15, -0.1) is 0 Å². The zero-order valence-corrected chi connectivity index (χ0v) is 15.1. The highest BCUT2D eigenvalue weighted by atomic mass is 15.2. The monoisotopic (exact) mass is 328 g/mol. The molecule has 0 aliphatic carbocycles. The number of imidazole rings is 1. The van der Waals surface area contributed by atoms with E-state index in [1.807, 2.05) is 30.0 Å². The molecule has 0 bridgehead atoms. The van der Waals surface area contributed by atoms with Gasteiger partial charge >= 0.3 is 0 Å². The normalized spacial score (nSPS) is 11.8. The first-order valence-electron chi connectivity index (χ1n) is 8.57. The van der Waals surface area contributed by atoms with Crippen LogP contribution in [0.25, 0.3) is 5.82 Å². The molecule has 0 unspecified atom stereocenters. The molecule has 0 radical (unpaired) electrons. The van der Waals surface area contributed by atoms with Crippen LogP contribution < -0.4 is 10.6 Å². The lowest BCUT2D eigenvalue weighted by atomic mass is 10.1. The van der Waals surface area contributed by atoms with Crippen LogP contribution in [0.3, 0.4) is 0 Å². The summed E-state index contributed by atoms with van der Waals surface area (Å²) in [6.45, 7) is 10.9. The molecule has 0 aliphatic heterocycles. The van der Waals surface area contributed by atoms with E-state index in [1.54, 1.807) is 6.20 Å². The maximum Gasteiger partial charge on any atom is 0.191 e. The Morgan fingerprint density at radius 1 is 1.25 bits per heavy atom. The van der Waals surface area contributed by atoms with E-state index in [0.29, 0.717) is 12.5 Å². The molecule has 0 saturated heterocycles. The van der Waals surface area contributed by atoms with Crippen molar-refractivity contribution in [1.82, 2.24) is 25.2 Å². The van der Waals surface area contributed by atoms with Crippen LogP contribution in [0.2, 0.25) is 0 Å². The van der Waals surface area contributed by atoms with Gasteiger partial charge in [0.2, 0.25) is 0 Å². The number of hydrogen-bond donors (Lipinski definition) is 2. The topological polar surface area (TPSA) is 67.1 Å². The SMILES string of the molecule is CCNC(=NCc1ccc(-n2ccnc2C)nc1)NCCC(C)C. The van der Waals surface area contributed by atoms with Crippen LogP contribution in [0.5, 0.6) is 0 Å². The molecule has 0 fully saturated rings. The molecule has 0 aromatic carbocycles. The Balaban J connectivity index is 1.96. The van der Waals surface area contributed by atoms with Crippen molar-refractivity contribution in [2.75, 3.05) is 13.1 Å². The van der Waals surface area contributed by atoms with E-state index < -0.39 is 0 Å². The molecule has 0 aliphatic rings. The fourth-order valence-electron chi connectivity index (χ4n) is 2.26. The Hall–Kier alpha value is -2.37. The lowest BCUT2D eigenvalue weighted by molar-refractivity contribution is 0.573. The number of aromatic nitrogens is 3. The maximum atomic E-state index is 4.63. The van der Waals surface area contributed by atoms with E-state index in [2.05, 4.69) is 52.4 Å². The quantitative estimate of drug-likeness (QED) is 0.606. The van der Waals surface area contributed by atoms with E-state index in [9.17, 15) is 0 Å². The highest BCUT2D eigenvalue weighted by Crippen LogP contribution is 2.09. The molecule has 6 nitrogen and oxygen atoms in total. The van der Waals surface area contributed by atoms with Gasteiger partial charge in [-0.2, -0.15) is 0 Å². The Kier molecular flexibility index (Phi) is 6.78. The molecule has 6 heteroatoms. The van der Waals surface area contributed by atoms with Gasteiger partial charge in [0.15, 0.2) is 5.96 Å². The second-order valence-corrected chi connectivity index (χ2v) is 6.17. The Morgan fingerprint density at radius 2 is 2.08 bits per heavy atom. The molecule has 2 rings (SSSR count). The third-order valence-electron chi connectivity index (χ3n) is 3.66. The summed E-state index contributed by atoms with van der Waals surface area (Å²) in [5.74, 6) is 3.34. The molecule has 0 saturated carbocycles. The van der Waals surface area contributed by atoms with Crippen LogP contribution in [-0.4, -0.2) is 33.6 Å². The molecule has 2 heterocycles. The summed E-state index contributed by atoms with van der Waals surface area (Å²) in [6.07, 6.45) is 6.69. The lowest BCUT2D eigenvalue weighted by Gasteiger charge is -2.12. The number of nitrogens with zero attached hydrogens (tertiary/aromatic N) is 4. The molecular formula is C18H28N6. The molecule has 2 N–H and O–H groups in total. The van der Waals surface area contributed by atoms with Gasteiger partial charge in [-0.25, -0.2) is 15.0 Å². The van der Waals surface area contributed by atoms with Crippen LogP contribution in [0.4, 0.5) is 0 Å². The van der Waals surface area contributed by atoms with Crippen molar-refractivity contribution >= 4 is 5.96 Å². The summed E-state index contributed by atoms with van der Waals surface area (Å²) in [5.41, 5.74) is 1.08. The molecule has 0 spiro atoms. The van der Waals surface area contributed by atoms with E-state index in [-0.39, 0.29) is 0 Å². The average Bonchev–Trinajstić information content (AvgIpc) is 2.99. The highest BCUT2D eigenvalue weighted by Gasteiger charge is 2.03. The van der Waals surface area contributed by atoms with Crippen LogP contribution in [0.1, 0.15) is 38.6 Å². The van der Waals surface area contributed by atoms with E-state index in [1.165, 1.54) is 0 Å². The van der Waals surface area contributed by atoms with Crippen LogP contribution in [-0.2, 0) is 6.54 Å². The average molecular weight is 328 g/mol. The second kappa shape index (κ2) is 9.05. The lowest BCUT2D eigenvalue weighted by Crippen LogP contribution is -2.38. The van der Waals surface area contributed by atoms with Crippen molar-refractivity contribution in [2.45, 2.75) is 40.7 Å².